The van der Waals surface area contributed by atoms with E-state index in [1.165, 1.54) is 24.3 Å². The highest BCUT2D eigenvalue weighted by molar-refractivity contribution is 6.09. The monoisotopic (exact) mass is 542 g/mol. The SMILES string of the molecule is CCOC(=O)N1CCC(Oc2cccc(NC(=O)c3cccc(C)c3-c3ccc(OC(F)(F)F)cc3)c2)CC1. The lowest BCUT2D eigenvalue weighted by Gasteiger charge is -2.31. The Morgan fingerprint density at radius 2 is 1.67 bits per heavy atom. The Morgan fingerprint density at radius 1 is 0.974 bits per heavy atom. The van der Waals surface area contributed by atoms with Gasteiger partial charge < -0.3 is 24.4 Å². The number of nitrogens with one attached hydrogen (secondary N) is 1. The van der Waals surface area contributed by atoms with Crippen molar-refractivity contribution in [1.82, 2.24) is 4.90 Å². The maximum Gasteiger partial charge on any atom is 0.573 e. The van der Waals surface area contributed by atoms with Crippen molar-refractivity contribution >= 4 is 17.7 Å². The molecule has 1 heterocycles. The first-order valence-corrected chi connectivity index (χ1v) is 12.6. The van der Waals surface area contributed by atoms with E-state index in [0.29, 0.717) is 60.7 Å². The third-order valence-electron chi connectivity index (χ3n) is 6.26. The van der Waals surface area contributed by atoms with Gasteiger partial charge in [0.05, 0.1) is 6.61 Å². The van der Waals surface area contributed by atoms with Gasteiger partial charge in [-0.3, -0.25) is 4.79 Å². The second-order valence-electron chi connectivity index (χ2n) is 9.05. The molecule has 7 nitrogen and oxygen atoms in total. The van der Waals surface area contributed by atoms with Gasteiger partial charge in [-0.1, -0.05) is 30.3 Å². The predicted molar refractivity (Wildman–Crippen MR) is 140 cm³/mol. The van der Waals surface area contributed by atoms with Crippen molar-refractivity contribution < 1.29 is 37.0 Å². The average Bonchev–Trinajstić information content (AvgIpc) is 2.89. The maximum absolute atomic E-state index is 13.3. The molecule has 0 aliphatic carbocycles. The van der Waals surface area contributed by atoms with Crippen LogP contribution in [0.1, 0.15) is 35.7 Å². The van der Waals surface area contributed by atoms with E-state index in [1.807, 2.05) is 13.0 Å². The molecule has 0 bridgehead atoms. The number of amides is 2. The molecule has 4 rings (SSSR count). The number of anilines is 1. The Kier molecular flexibility index (Phi) is 8.63. The third kappa shape index (κ3) is 7.43. The van der Waals surface area contributed by atoms with Crippen molar-refractivity contribution in [2.45, 2.75) is 39.2 Å². The quantitative estimate of drug-likeness (QED) is 0.355. The minimum absolute atomic E-state index is 0.0747. The molecule has 3 aromatic carbocycles. The number of alkyl halides is 3. The van der Waals surface area contributed by atoms with Crippen LogP contribution in [0.2, 0.25) is 0 Å². The van der Waals surface area contributed by atoms with Crippen LogP contribution in [0.15, 0.2) is 66.7 Å². The lowest BCUT2D eigenvalue weighted by atomic mass is 9.94. The fourth-order valence-corrected chi connectivity index (χ4v) is 4.47. The van der Waals surface area contributed by atoms with Gasteiger partial charge in [-0.15, -0.1) is 13.2 Å². The predicted octanol–water partition coefficient (Wildman–Crippen LogP) is 6.81. The van der Waals surface area contributed by atoms with Gasteiger partial charge in [-0.2, -0.15) is 0 Å². The molecule has 0 radical (unpaired) electrons. The molecule has 0 spiro atoms. The summed E-state index contributed by atoms with van der Waals surface area (Å²) < 4.78 is 52.7. The van der Waals surface area contributed by atoms with Crippen molar-refractivity contribution in [2.24, 2.45) is 0 Å². The number of nitrogens with zero attached hydrogens (tertiary/aromatic N) is 1. The minimum Gasteiger partial charge on any atom is -0.490 e. The summed E-state index contributed by atoms with van der Waals surface area (Å²) in [6, 6.07) is 17.7. The van der Waals surface area contributed by atoms with Crippen LogP contribution in [0.3, 0.4) is 0 Å². The van der Waals surface area contributed by atoms with Gasteiger partial charge in [-0.25, -0.2) is 4.79 Å². The summed E-state index contributed by atoms with van der Waals surface area (Å²) in [4.78, 5) is 26.9. The molecule has 1 aliphatic rings. The summed E-state index contributed by atoms with van der Waals surface area (Å²) in [5, 5.41) is 2.89. The molecular weight excluding hydrogens is 513 g/mol. The van der Waals surface area contributed by atoms with E-state index >= 15 is 0 Å². The van der Waals surface area contributed by atoms with Crippen LogP contribution >= 0.6 is 0 Å². The highest BCUT2D eigenvalue weighted by Crippen LogP contribution is 2.32. The largest absolute Gasteiger partial charge is 0.573 e. The zero-order valence-corrected chi connectivity index (χ0v) is 21.6. The highest BCUT2D eigenvalue weighted by Gasteiger charge is 2.31. The molecule has 39 heavy (non-hydrogen) atoms. The van der Waals surface area contributed by atoms with Gasteiger partial charge in [0.25, 0.3) is 5.91 Å². The van der Waals surface area contributed by atoms with E-state index in [0.717, 1.165) is 5.56 Å². The van der Waals surface area contributed by atoms with Gasteiger partial charge >= 0.3 is 12.5 Å². The molecule has 1 aliphatic heterocycles. The molecule has 1 saturated heterocycles. The molecule has 0 saturated carbocycles. The van der Waals surface area contributed by atoms with Crippen LogP contribution in [0, 0.1) is 6.92 Å². The van der Waals surface area contributed by atoms with Gasteiger partial charge in [0.1, 0.15) is 17.6 Å². The van der Waals surface area contributed by atoms with Crippen LogP contribution in [-0.4, -0.2) is 49.1 Å². The standard InChI is InChI=1S/C29H29F3N2O5/c1-3-37-28(36)34-16-14-22(15-17-34)38-24-8-5-7-21(18-24)33-27(35)25-9-4-6-19(2)26(25)20-10-12-23(13-11-20)39-29(30,31)32/h4-13,18,22H,3,14-17H2,1-2H3,(H,33,35). The van der Waals surface area contributed by atoms with Crippen LogP contribution in [0.25, 0.3) is 11.1 Å². The first kappa shape index (κ1) is 27.8. The fourth-order valence-electron chi connectivity index (χ4n) is 4.47. The number of carbonyl (C=O) groups excluding carboxylic acids is 2. The fraction of sp³-hybridized carbons (Fsp3) is 0.310. The summed E-state index contributed by atoms with van der Waals surface area (Å²) in [7, 11) is 0. The highest BCUT2D eigenvalue weighted by atomic mass is 19.4. The number of piperidine rings is 1. The smallest absolute Gasteiger partial charge is 0.490 e. The molecular formula is C29H29F3N2O5. The molecule has 0 atom stereocenters. The Labute approximate surface area is 224 Å². The van der Waals surface area contributed by atoms with E-state index in [9.17, 15) is 22.8 Å². The first-order chi connectivity index (χ1) is 18.6. The zero-order valence-electron chi connectivity index (χ0n) is 21.6. The number of halogens is 3. The van der Waals surface area contributed by atoms with Crippen LogP contribution in [0.4, 0.5) is 23.7 Å². The molecule has 0 unspecified atom stereocenters. The molecule has 3 aromatic rings. The maximum atomic E-state index is 13.3. The Balaban J connectivity index is 1.44. The van der Waals surface area contributed by atoms with Crippen molar-refractivity contribution in [3.05, 3.63) is 77.9 Å². The first-order valence-electron chi connectivity index (χ1n) is 12.6. The summed E-state index contributed by atoms with van der Waals surface area (Å²) in [5.41, 5.74) is 2.88. The van der Waals surface area contributed by atoms with E-state index in [2.05, 4.69) is 10.1 Å². The number of hydrogen-bond acceptors (Lipinski definition) is 5. The zero-order chi connectivity index (χ0) is 28.0. The lowest BCUT2D eigenvalue weighted by molar-refractivity contribution is -0.274. The van der Waals surface area contributed by atoms with E-state index in [4.69, 9.17) is 9.47 Å². The Morgan fingerprint density at radius 3 is 2.33 bits per heavy atom. The van der Waals surface area contributed by atoms with Crippen LogP contribution < -0.4 is 14.8 Å². The molecule has 206 valence electrons. The van der Waals surface area contributed by atoms with Crippen molar-refractivity contribution in [3.63, 3.8) is 0 Å². The molecule has 2 amide bonds. The topological polar surface area (TPSA) is 77.1 Å². The second kappa shape index (κ2) is 12.1. The summed E-state index contributed by atoms with van der Waals surface area (Å²) in [5.74, 6) is -0.120. The number of aryl methyl sites for hydroxylation is 1. The Bertz CT molecular complexity index is 1300. The number of rotatable bonds is 7. The van der Waals surface area contributed by atoms with Gasteiger partial charge in [0.2, 0.25) is 0 Å². The van der Waals surface area contributed by atoms with Crippen molar-refractivity contribution in [2.75, 3.05) is 25.0 Å². The van der Waals surface area contributed by atoms with Gasteiger partial charge in [0.15, 0.2) is 0 Å². The molecule has 1 N–H and O–H groups in total. The lowest BCUT2D eigenvalue weighted by Crippen LogP contribution is -2.42. The second-order valence-corrected chi connectivity index (χ2v) is 9.05. The minimum atomic E-state index is -4.78. The van der Waals surface area contributed by atoms with Crippen LogP contribution in [-0.2, 0) is 4.74 Å². The van der Waals surface area contributed by atoms with Gasteiger partial charge in [-0.05, 0) is 60.9 Å². The number of ether oxygens (including phenoxy) is 3. The Hall–Kier alpha value is -4.21. The normalized spacial score (nSPS) is 14.0. The average molecular weight is 543 g/mol. The van der Waals surface area contributed by atoms with E-state index < -0.39 is 6.36 Å². The summed E-state index contributed by atoms with van der Waals surface area (Å²) in [6.45, 7) is 5.02. The third-order valence-corrected chi connectivity index (χ3v) is 6.26. The molecule has 10 heteroatoms. The van der Waals surface area contributed by atoms with E-state index in [-0.39, 0.29) is 23.9 Å². The number of hydrogen-bond donors (Lipinski definition) is 1. The summed E-state index contributed by atoms with van der Waals surface area (Å²) >= 11 is 0. The number of carbonyl (C=O) groups is 2. The number of benzene rings is 3. The molecule has 0 aromatic heterocycles. The number of likely N-dealkylation sites (tertiary alicyclic amines) is 1. The van der Waals surface area contributed by atoms with Crippen molar-refractivity contribution in [1.29, 1.82) is 0 Å². The molecule has 1 fully saturated rings. The van der Waals surface area contributed by atoms with E-state index in [1.54, 1.807) is 48.2 Å². The van der Waals surface area contributed by atoms with Crippen LogP contribution in [0.5, 0.6) is 11.5 Å². The van der Waals surface area contributed by atoms with Crippen molar-refractivity contribution in [3.8, 4) is 22.6 Å². The summed E-state index contributed by atoms with van der Waals surface area (Å²) in [6.07, 6.45) is -3.85. The van der Waals surface area contributed by atoms with Gasteiger partial charge in [0, 0.05) is 43.2 Å².